The molecule has 0 aliphatic carbocycles. The minimum absolute atomic E-state index is 0.240. The second kappa shape index (κ2) is 6.88. The summed E-state index contributed by atoms with van der Waals surface area (Å²) in [6, 6.07) is 5.78. The van der Waals surface area contributed by atoms with Crippen molar-refractivity contribution in [3.05, 3.63) is 29.5 Å². The molecule has 0 atom stereocenters. The smallest absolute Gasteiger partial charge is 0.305 e. The van der Waals surface area contributed by atoms with Crippen LogP contribution in [0.1, 0.15) is 35.8 Å². The molecule has 0 saturated heterocycles. The molecule has 1 aromatic carbocycles. The molecule has 112 valence electrons. The van der Waals surface area contributed by atoms with E-state index in [0.717, 1.165) is 16.5 Å². The fraction of sp³-hybridized carbons (Fsp3) is 0.400. The first-order chi connectivity index (χ1) is 10.1. The Hall–Kier alpha value is -2.37. The van der Waals surface area contributed by atoms with Crippen LogP contribution in [0.3, 0.4) is 0 Å². The van der Waals surface area contributed by atoms with Crippen LogP contribution in [0.25, 0.3) is 10.9 Å². The molecule has 2 rings (SSSR count). The van der Waals surface area contributed by atoms with Crippen molar-refractivity contribution in [2.24, 2.45) is 0 Å². The molecule has 0 saturated carbocycles. The molecule has 0 fully saturated rings. The Labute approximate surface area is 122 Å². The maximum Gasteiger partial charge on any atom is 0.305 e. The summed E-state index contributed by atoms with van der Waals surface area (Å²) < 4.78 is 4.82. The number of aromatic amines is 1. The van der Waals surface area contributed by atoms with Gasteiger partial charge in [-0.25, -0.2) is 0 Å². The summed E-state index contributed by atoms with van der Waals surface area (Å²) in [5.41, 5.74) is 2.28. The maximum atomic E-state index is 12.1. The van der Waals surface area contributed by atoms with Crippen molar-refractivity contribution in [2.45, 2.75) is 26.7 Å². The lowest BCUT2D eigenvalue weighted by atomic mass is 10.1. The lowest BCUT2D eigenvalue weighted by molar-refractivity contribution is -0.143. The SMILES string of the molecule is CCOC(=O)CCCNC(=O)c1n[nH]c2ccc(C)cc12. The average Bonchev–Trinajstić information content (AvgIpc) is 2.86. The number of carbonyl (C=O) groups excluding carboxylic acids is 2. The fourth-order valence-electron chi connectivity index (χ4n) is 2.05. The Morgan fingerprint density at radius 1 is 1.38 bits per heavy atom. The second-order valence-corrected chi connectivity index (χ2v) is 4.79. The Bertz CT molecular complexity index is 649. The zero-order chi connectivity index (χ0) is 15.2. The van der Waals surface area contributed by atoms with Gasteiger partial charge in [0.1, 0.15) is 0 Å². The molecule has 0 aliphatic rings. The van der Waals surface area contributed by atoms with Crippen LogP contribution in [0.15, 0.2) is 18.2 Å². The Morgan fingerprint density at radius 2 is 2.19 bits per heavy atom. The third-order valence-electron chi connectivity index (χ3n) is 3.08. The van der Waals surface area contributed by atoms with Crippen LogP contribution in [0.4, 0.5) is 0 Å². The van der Waals surface area contributed by atoms with E-state index in [2.05, 4.69) is 15.5 Å². The normalized spacial score (nSPS) is 10.6. The summed E-state index contributed by atoms with van der Waals surface area (Å²) in [5.74, 6) is -0.483. The number of esters is 1. The Morgan fingerprint density at radius 3 is 2.95 bits per heavy atom. The van der Waals surface area contributed by atoms with Gasteiger partial charge < -0.3 is 10.1 Å². The Kier molecular flexibility index (Phi) is 4.92. The highest BCUT2D eigenvalue weighted by Crippen LogP contribution is 2.17. The van der Waals surface area contributed by atoms with Crippen molar-refractivity contribution < 1.29 is 14.3 Å². The molecule has 6 heteroatoms. The molecule has 0 aliphatic heterocycles. The van der Waals surface area contributed by atoms with E-state index in [4.69, 9.17) is 4.74 Å². The van der Waals surface area contributed by atoms with Gasteiger partial charge >= 0.3 is 5.97 Å². The number of nitrogens with zero attached hydrogens (tertiary/aromatic N) is 1. The molecule has 0 bridgehead atoms. The minimum atomic E-state index is -0.243. The van der Waals surface area contributed by atoms with E-state index in [1.807, 2.05) is 25.1 Å². The van der Waals surface area contributed by atoms with Crippen molar-refractivity contribution >= 4 is 22.8 Å². The molecule has 1 aromatic heterocycles. The van der Waals surface area contributed by atoms with Gasteiger partial charge in [-0.3, -0.25) is 14.7 Å². The van der Waals surface area contributed by atoms with Crippen molar-refractivity contribution in [1.29, 1.82) is 0 Å². The van der Waals surface area contributed by atoms with Crippen molar-refractivity contribution in [3.63, 3.8) is 0 Å². The number of hydrogen-bond donors (Lipinski definition) is 2. The molecule has 6 nitrogen and oxygen atoms in total. The molecule has 1 heterocycles. The van der Waals surface area contributed by atoms with Crippen LogP contribution >= 0.6 is 0 Å². The zero-order valence-corrected chi connectivity index (χ0v) is 12.2. The maximum absolute atomic E-state index is 12.1. The molecule has 0 radical (unpaired) electrons. The number of hydrogen-bond acceptors (Lipinski definition) is 4. The highest BCUT2D eigenvalue weighted by molar-refractivity contribution is 6.04. The number of benzene rings is 1. The van der Waals surface area contributed by atoms with Crippen LogP contribution in [0, 0.1) is 6.92 Å². The number of carbonyl (C=O) groups is 2. The lowest BCUT2D eigenvalue weighted by Crippen LogP contribution is -2.25. The van der Waals surface area contributed by atoms with Crippen LogP contribution < -0.4 is 5.32 Å². The molecule has 0 spiro atoms. The highest BCUT2D eigenvalue weighted by atomic mass is 16.5. The van der Waals surface area contributed by atoms with Crippen molar-refractivity contribution in [3.8, 4) is 0 Å². The molecule has 0 unspecified atom stereocenters. The molecule has 2 aromatic rings. The molecular weight excluding hydrogens is 270 g/mol. The van der Waals surface area contributed by atoms with Crippen LogP contribution in [-0.2, 0) is 9.53 Å². The van der Waals surface area contributed by atoms with E-state index < -0.39 is 0 Å². The van der Waals surface area contributed by atoms with E-state index in [0.29, 0.717) is 31.7 Å². The number of amides is 1. The summed E-state index contributed by atoms with van der Waals surface area (Å²) in [4.78, 5) is 23.3. The second-order valence-electron chi connectivity index (χ2n) is 4.79. The van der Waals surface area contributed by atoms with Gasteiger partial charge in [0, 0.05) is 18.4 Å². The predicted octanol–water partition coefficient (Wildman–Crippen LogP) is 1.94. The predicted molar refractivity (Wildman–Crippen MR) is 79.0 cm³/mol. The first-order valence-corrected chi connectivity index (χ1v) is 7.00. The number of H-pyrrole nitrogens is 1. The third kappa shape index (κ3) is 3.81. The zero-order valence-electron chi connectivity index (χ0n) is 12.2. The van der Waals surface area contributed by atoms with Gasteiger partial charge in [-0.1, -0.05) is 11.6 Å². The standard InChI is InChI=1S/C15H19N3O3/c1-3-21-13(19)5-4-8-16-15(20)14-11-9-10(2)6-7-12(11)17-18-14/h6-7,9H,3-5,8H2,1-2H3,(H,16,20)(H,17,18). The molecule has 2 N–H and O–H groups in total. The fourth-order valence-corrected chi connectivity index (χ4v) is 2.05. The van der Waals surface area contributed by atoms with Crippen LogP contribution in [0.2, 0.25) is 0 Å². The van der Waals surface area contributed by atoms with Crippen LogP contribution in [0.5, 0.6) is 0 Å². The van der Waals surface area contributed by atoms with E-state index in [1.54, 1.807) is 6.92 Å². The summed E-state index contributed by atoms with van der Waals surface area (Å²) in [6.45, 7) is 4.53. The summed E-state index contributed by atoms with van der Waals surface area (Å²) in [7, 11) is 0. The van der Waals surface area contributed by atoms with E-state index >= 15 is 0 Å². The van der Waals surface area contributed by atoms with Gasteiger partial charge in [0.25, 0.3) is 5.91 Å². The van der Waals surface area contributed by atoms with Gasteiger partial charge in [-0.05, 0) is 32.4 Å². The largest absolute Gasteiger partial charge is 0.466 e. The van der Waals surface area contributed by atoms with Crippen molar-refractivity contribution in [2.75, 3.05) is 13.2 Å². The summed E-state index contributed by atoms with van der Waals surface area (Å²) >= 11 is 0. The van der Waals surface area contributed by atoms with Gasteiger partial charge in [-0.2, -0.15) is 5.10 Å². The highest BCUT2D eigenvalue weighted by Gasteiger charge is 2.13. The average molecular weight is 289 g/mol. The quantitative estimate of drug-likeness (QED) is 0.629. The van der Waals surface area contributed by atoms with Gasteiger partial charge in [0.05, 0.1) is 12.1 Å². The number of nitrogens with one attached hydrogen (secondary N) is 2. The van der Waals surface area contributed by atoms with Crippen molar-refractivity contribution in [1.82, 2.24) is 15.5 Å². The molecular formula is C15H19N3O3. The number of fused-ring (bicyclic) bond motifs is 1. The first kappa shape index (κ1) is 15.0. The summed E-state index contributed by atoms with van der Waals surface area (Å²) in [5, 5.41) is 10.5. The number of rotatable bonds is 6. The lowest BCUT2D eigenvalue weighted by Gasteiger charge is -2.04. The Balaban J connectivity index is 1.91. The number of aryl methyl sites for hydroxylation is 1. The topological polar surface area (TPSA) is 84.1 Å². The number of aromatic nitrogens is 2. The number of ether oxygens (including phenoxy) is 1. The first-order valence-electron chi connectivity index (χ1n) is 7.00. The minimum Gasteiger partial charge on any atom is -0.466 e. The summed E-state index contributed by atoms with van der Waals surface area (Å²) in [6.07, 6.45) is 0.848. The third-order valence-corrected chi connectivity index (χ3v) is 3.08. The van der Waals surface area contributed by atoms with Gasteiger partial charge in [-0.15, -0.1) is 0 Å². The van der Waals surface area contributed by atoms with Gasteiger partial charge in [0.15, 0.2) is 5.69 Å². The molecule has 21 heavy (non-hydrogen) atoms. The monoisotopic (exact) mass is 289 g/mol. The van der Waals surface area contributed by atoms with E-state index in [1.165, 1.54) is 0 Å². The van der Waals surface area contributed by atoms with Gasteiger partial charge in [0.2, 0.25) is 0 Å². The van der Waals surface area contributed by atoms with E-state index in [9.17, 15) is 9.59 Å². The van der Waals surface area contributed by atoms with E-state index in [-0.39, 0.29) is 11.9 Å². The van der Waals surface area contributed by atoms with Crippen LogP contribution in [-0.4, -0.2) is 35.2 Å². The molecule has 1 amide bonds.